The third kappa shape index (κ3) is 8.05. The number of nitrogens with one attached hydrogen (secondary N) is 2. The number of piperidine rings is 1. The van der Waals surface area contributed by atoms with E-state index in [4.69, 9.17) is 11.6 Å². The molecular weight excluding hydrogens is 636 g/mol. The first-order chi connectivity index (χ1) is 22.2. The molecule has 3 aliphatic rings. The summed E-state index contributed by atoms with van der Waals surface area (Å²) in [5.41, 5.74) is 12.5. The van der Waals surface area contributed by atoms with E-state index in [1.165, 1.54) is 60.6 Å². The Kier molecular flexibility index (Phi) is 10.1. The van der Waals surface area contributed by atoms with E-state index in [9.17, 15) is 30.8 Å². The van der Waals surface area contributed by atoms with Gasteiger partial charge in [0.15, 0.2) is 11.6 Å². The lowest BCUT2D eigenvalue weighted by Gasteiger charge is -2.33. The molecule has 47 heavy (non-hydrogen) atoms. The summed E-state index contributed by atoms with van der Waals surface area (Å²) in [5, 5.41) is 2.27. The second-order valence-electron chi connectivity index (χ2n) is 11.9. The number of aromatic nitrogens is 1. The van der Waals surface area contributed by atoms with Crippen molar-refractivity contribution in [3.8, 4) is 0 Å². The van der Waals surface area contributed by atoms with Gasteiger partial charge in [-0.05, 0) is 67.1 Å². The van der Waals surface area contributed by atoms with E-state index in [1.807, 2.05) is 0 Å². The minimum Gasteiger partial charge on any atom is -0.397 e. The lowest BCUT2D eigenvalue weighted by atomic mass is 9.82. The van der Waals surface area contributed by atoms with Crippen molar-refractivity contribution in [2.24, 2.45) is 23.4 Å². The van der Waals surface area contributed by atoms with Gasteiger partial charge in [0.25, 0.3) is 0 Å². The van der Waals surface area contributed by atoms with Gasteiger partial charge in [0.05, 0.1) is 27.6 Å². The average Bonchev–Trinajstić information content (AvgIpc) is 3.41. The molecule has 0 spiro atoms. The maximum Gasteiger partial charge on any atom is 0.396 e. The molecule has 14 heteroatoms. The third-order valence-electron chi connectivity index (χ3n) is 8.55. The summed E-state index contributed by atoms with van der Waals surface area (Å²) in [5.74, 6) is 2.99. The van der Waals surface area contributed by atoms with Gasteiger partial charge in [0.2, 0.25) is 10.0 Å². The number of allylic oxidation sites excluding steroid dienone is 5. The number of nitrogens with two attached hydrogens (primary N) is 2. The van der Waals surface area contributed by atoms with Crippen molar-refractivity contribution in [2.45, 2.75) is 36.8 Å². The predicted molar refractivity (Wildman–Crippen MR) is 170 cm³/mol. The van der Waals surface area contributed by atoms with Crippen LogP contribution in [0.25, 0.3) is 17.5 Å². The number of sulfonamides is 1. The number of likely N-dealkylation sites (tertiary alicyclic amines) is 1. The van der Waals surface area contributed by atoms with E-state index in [1.54, 1.807) is 6.08 Å². The summed E-state index contributed by atoms with van der Waals surface area (Å²) < 4.78 is 82.6. The van der Waals surface area contributed by atoms with Gasteiger partial charge < -0.3 is 20.6 Å². The van der Waals surface area contributed by atoms with Gasteiger partial charge in [-0.2, -0.15) is 17.6 Å². The fourth-order valence-corrected chi connectivity index (χ4v) is 7.14. The molecule has 250 valence electrons. The molecule has 1 aromatic heterocycles. The number of ketones is 1. The summed E-state index contributed by atoms with van der Waals surface area (Å²) in [4.78, 5) is 17.3. The van der Waals surface area contributed by atoms with Gasteiger partial charge in [0.1, 0.15) is 0 Å². The quantitative estimate of drug-likeness (QED) is 0.0948. The van der Waals surface area contributed by atoms with Crippen LogP contribution in [0.5, 0.6) is 0 Å². The minimum atomic E-state index is -4.41. The van der Waals surface area contributed by atoms with Crippen molar-refractivity contribution < 1.29 is 30.8 Å². The number of alkyl halides is 3. The van der Waals surface area contributed by atoms with Crippen molar-refractivity contribution in [3.05, 3.63) is 93.7 Å². The Labute approximate surface area is 270 Å². The highest BCUT2D eigenvalue weighted by Gasteiger charge is 2.43. The average molecular weight is 673 g/mol. The standard InChI is InChI=1S/C33H36F4N6O3S/c1-21(44)32-31(27-18-24(34)8-11-30(27)41-32)29(38)20-43(39)19-22-12-15-42(16-13-22)17-14-40-47(45,46)25-9-6-23(7-10-25)26-4-2-3-5-28(26)33(35,36)37/h2-7,9-10,18,20,22,26,28,40-41H,12-17,19,38-39H2,1H3/b29-20-. The molecule has 1 aliphatic heterocycles. The number of Topliss-reactive ketones (excluding diaryl/α,β-unsaturated/α-hetero) is 1. The molecule has 1 aromatic carbocycles. The summed E-state index contributed by atoms with van der Waals surface area (Å²) in [7, 11) is -3.85. The van der Waals surface area contributed by atoms with E-state index in [-0.39, 0.29) is 34.5 Å². The molecule has 2 aliphatic carbocycles. The largest absolute Gasteiger partial charge is 0.397 e. The number of H-pyrrole nitrogens is 1. The maximum atomic E-state index is 13.9. The molecule has 5 rings (SSSR count). The molecule has 2 atom stereocenters. The number of carbonyl (C=O) groups is 1. The molecule has 0 radical (unpaired) electrons. The van der Waals surface area contributed by atoms with E-state index < -0.39 is 33.9 Å². The Hall–Kier alpha value is -4.16. The van der Waals surface area contributed by atoms with Crippen molar-refractivity contribution in [2.75, 3.05) is 32.7 Å². The minimum absolute atomic E-state index is 0.0149. The van der Waals surface area contributed by atoms with Crippen molar-refractivity contribution in [3.63, 3.8) is 0 Å². The number of rotatable bonds is 11. The van der Waals surface area contributed by atoms with Crippen LogP contribution in [0, 0.1) is 11.8 Å². The van der Waals surface area contributed by atoms with Crippen LogP contribution in [0.4, 0.5) is 17.6 Å². The van der Waals surface area contributed by atoms with Crippen LogP contribution < -0.4 is 26.9 Å². The van der Waals surface area contributed by atoms with Crippen LogP contribution in [0.2, 0.25) is 0 Å². The zero-order valence-electron chi connectivity index (χ0n) is 25.6. The SMILES string of the molecule is CC(=O)c1[nH]c2c(c1/C(N)=C/N(N)CC1CCN(CCNS(=O)(=O)c3ccc(C4C=CC=CC4C(F)(F)F)cc3)CC1)=CC(F)=C=C=2. The number of fused-ring (bicyclic) bond motifs is 1. The first-order valence-corrected chi connectivity index (χ1v) is 16.6. The van der Waals surface area contributed by atoms with Gasteiger partial charge in [0, 0.05) is 49.5 Å². The molecule has 9 nitrogen and oxygen atoms in total. The molecule has 2 aromatic rings. The molecule has 2 heterocycles. The summed E-state index contributed by atoms with van der Waals surface area (Å²) in [6.07, 6.45) is 5.46. The van der Waals surface area contributed by atoms with Gasteiger partial charge in [-0.1, -0.05) is 36.4 Å². The number of benzene rings is 1. The molecule has 1 fully saturated rings. The highest BCUT2D eigenvalue weighted by molar-refractivity contribution is 7.89. The molecule has 0 amide bonds. The Morgan fingerprint density at radius 2 is 1.83 bits per heavy atom. The van der Waals surface area contributed by atoms with Crippen LogP contribution in [0.1, 0.15) is 47.3 Å². The van der Waals surface area contributed by atoms with Crippen LogP contribution in [-0.2, 0) is 10.0 Å². The monoisotopic (exact) mass is 672 g/mol. The van der Waals surface area contributed by atoms with E-state index in [0.29, 0.717) is 34.8 Å². The van der Waals surface area contributed by atoms with Gasteiger partial charge in [-0.3, -0.25) is 4.79 Å². The number of hydrogen-bond acceptors (Lipinski definition) is 7. The Bertz CT molecular complexity index is 1910. The van der Waals surface area contributed by atoms with Crippen molar-refractivity contribution in [1.29, 1.82) is 0 Å². The zero-order valence-corrected chi connectivity index (χ0v) is 26.5. The van der Waals surface area contributed by atoms with E-state index in [0.717, 1.165) is 32.0 Å². The number of hydrogen-bond donors (Lipinski definition) is 4. The van der Waals surface area contributed by atoms with Crippen molar-refractivity contribution in [1.82, 2.24) is 19.6 Å². The maximum absolute atomic E-state index is 13.9. The van der Waals surface area contributed by atoms with E-state index >= 15 is 0 Å². The Morgan fingerprint density at radius 1 is 1.15 bits per heavy atom. The highest BCUT2D eigenvalue weighted by atomic mass is 32.2. The lowest BCUT2D eigenvalue weighted by Crippen LogP contribution is -2.42. The topological polar surface area (TPSA) is 138 Å². The second kappa shape index (κ2) is 13.9. The number of nitrogens with zero attached hydrogens (tertiary/aromatic N) is 2. The Balaban J connectivity index is 1.10. The Morgan fingerprint density at radius 3 is 2.49 bits per heavy atom. The van der Waals surface area contributed by atoms with E-state index in [2.05, 4.69) is 26.1 Å². The van der Waals surface area contributed by atoms with Crippen LogP contribution in [0.3, 0.4) is 0 Å². The molecule has 0 bridgehead atoms. The highest BCUT2D eigenvalue weighted by Crippen LogP contribution is 2.41. The van der Waals surface area contributed by atoms with Gasteiger partial charge in [-0.15, -0.1) is 0 Å². The van der Waals surface area contributed by atoms with Crippen molar-refractivity contribution >= 4 is 33.3 Å². The van der Waals surface area contributed by atoms with Crippen LogP contribution in [0.15, 0.2) is 71.2 Å². The fraction of sp³-hybridized carbons (Fsp3) is 0.364. The molecule has 6 N–H and O–H groups in total. The molecule has 0 saturated carbocycles. The van der Waals surface area contributed by atoms with Crippen LogP contribution in [-0.4, -0.2) is 68.0 Å². The molecular formula is C33H36F4N6O3S. The number of carbonyl (C=O) groups excluding carboxylic acids is 1. The van der Waals surface area contributed by atoms with Gasteiger partial charge >= 0.3 is 6.18 Å². The first-order valence-electron chi connectivity index (χ1n) is 15.1. The summed E-state index contributed by atoms with van der Waals surface area (Å²) in [6, 6.07) is 5.51. The smallest absolute Gasteiger partial charge is 0.396 e. The number of aromatic amines is 1. The number of hydrazine groups is 1. The van der Waals surface area contributed by atoms with Gasteiger partial charge in [-0.25, -0.2) is 19.0 Å². The van der Waals surface area contributed by atoms with Crippen LogP contribution >= 0.6 is 0 Å². The predicted octanol–water partition coefficient (Wildman–Crippen LogP) is 2.91. The molecule has 1 saturated heterocycles. The first kappa shape index (κ1) is 34.2. The molecule has 2 unspecified atom stereocenters. The fourth-order valence-electron chi connectivity index (χ4n) is 6.12. The normalized spacial score (nSPS) is 20.4. The third-order valence-corrected chi connectivity index (χ3v) is 10.0. The second-order valence-corrected chi connectivity index (χ2v) is 13.6. The number of halogens is 4. The zero-order chi connectivity index (χ0) is 33.9. The lowest BCUT2D eigenvalue weighted by molar-refractivity contribution is -0.164. The summed E-state index contributed by atoms with van der Waals surface area (Å²) >= 11 is 0. The summed E-state index contributed by atoms with van der Waals surface area (Å²) in [6.45, 7) is 3.96.